The van der Waals surface area contributed by atoms with Gasteiger partial charge >= 0.3 is 5.69 Å². The van der Waals surface area contributed by atoms with E-state index >= 15 is 0 Å². The second kappa shape index (κ2) is 6.86. The summed E-state index contributed by atoms with van der Waals surface area (Å²) in [4.78, 5) is 13.2. The quantitative estimate of drug-likeness (QED) is 0.623. The number of rotatable bonds is 6. The number of aromatic nitrogens is 2. The average Bonchev–Trinajstić information content (AvgIpc) is 2.76. The van der Waals surface area contributed by atoms with Crippen LogP contribution in [-0.4, -0.2) is 58.5 Å². The predicted octanol–water partition coefficient (Wildman–Crippen LogP) is 1.02. The fraction of sp³-hybridized carbons (Fsp3) is 0.769. The molecule has 1 N–H and O–H groups in total. The average molecular weight is 297 g/mol. The molecule has 8 nitrogen and oxygen atoms in total. The molecule has 0 spiro atoms. The third-order valence-corrected chi connectivity index (χ3v) is 3.63. The van der Waals surface area contributed by atoms with E-state index < -0.39 is 0 Å². The Balaban J connectivity index is 2.07. The van der Waals surface area contributed by atoms with Gasteiger partial charge < -0.3 is 10.1 Å². The number of hydrogen-bond donors (Lipinski definition) is 1. The summed E-state index contributed by atoms with van der Waals surface area (Å²) in [6.45, 7) is 8.03. The molecule has 0 saturated carbocycles. The van der Waals surface area contributed by atoms with Crippen molar-refractivity contribution in [1.82, 2.24) is 14.7 Å². The Morgan fingerprint density at radius 3 is 2.71 bits per heavy atom. The largest absolute Gasteiger partial charge is 0.379 e. The molecule has 8 heteroatoms. The molecule has 0 amide bonds. The molecule has 0 radical (unpaired) electrons. The molecule has 21 heavy (non-hydrogen) atoms. The number of nitro groups is 1. The molecule has 0 bridgehead atoms. The lowest BCUT2D eigenvalue weighted by Gasteiger charge is -2.29. The summed E-state index contributed by atoms with van der Waals surface area (Å²) in [5.74, 6) is 0.484. The van der Waals surface area contributed by atoms with Crippen LogP contribution < -0.4 is 5.32 Å². The van der Waals surface area contributed by atoms with Crippen molar-refractivity contribution in [3.8, 4) is 0 Å². The van der Waals surface area contributed by atoms with Gasteiger partial charge in [-0.3, -0.25) is 15.0 Å². The molecule has 2 heterocycles. The molecular formula is C13H23N5O3. The predicted molar refractivity (Wildman–Crippen MR) is 79.6 cm³/mol. The van der Waals surface area contributed by atoms with Crippen molar-refractivity contribution in [2.24, 2.45) is 7.05 Å². The van der Waals surface area contributed by atoms with Gasteiger partial charge in [-0.1, -0.05) is 6.92 Å². The maximum Gasteiger partial charge on any atom is 0.333 e. The molecule has 1 fully saturated rings. The van der Waals surface area contributed by atoms with Crippen LogP contribution in [0.4, 0.5) is 11.5 Å². The Hall–Kier alpha value is -1.67. The maximum atomic E-state index is 11.3. The smallest absolute Gasteiger partial charge is 0.333 e. The van der Waals surface area contributed by atoms with E-state index in [1.54, 1.807) is 11.7 Å². The Morgan fingerprint density at radius 2 is 2.14 bits per heavy atom. The zero-order valence-corrected chi connectivity index (χ0v) is 12.8. The summed E-state index contributed by atoms with van der Waals surface area (Å²) in [6.07, 6.45) is 0.545. The van der Waals surface area contributed by atoms with Gasteiger partial charge in [-0.15, -0.1) is 0 Å². The highest BCUT2D eigenvalue weighted by molar-refractivity contribution is 5.60. The summed E-state index contributed by atoms with van der Waals surface area (Å²) in [5.41, 5.74) is 0.609. The molecule has 1 aromatic rings. The number of aryl methyl sites for hydroxylation is 2. The van der Waals surface area contributed by atoms with Crippen LogP contribution in [0.25, 0.3) is 0 Å². The molecule has 2 rings (SSSR count). The third kappa shape index (κ3) is 3.70. The summed E-state index contributed by atoms with van der Waals surface area (Å²) >= 11 is 0. The second-order valence-corrected chi connectivity index (χ2v) is 5.34. The maximum absolute atomic E-state index is 11.3. The SMILES string of the molecule is CCc1nn(C)c(NC(C)CN2CCOCC2)c1[N+](=O)[O-]. The van der Waals surface area contributed by atoms with Gasteiger partial charge in [0.15, 0.2) is 0 Å². The van der Waals surface area contributed by atoms with Gasteiger partial charge in [0.25, 0.3) is 0 Å². The molecule has 1 saturated heterocycles. The van der Waals surface area contributed by atoms with Crippen LogP contribution in [0.2, 0.25) is 0 Å². The van der Waals surface area contributed by atoms with E-state index in [-0.39, 0.29) is 16.7 Å². The first-order valence-corrected chi connectivity index (χ1v) is 7.29. The van der Waals surface area contributed by atoms with Crippen molar-refractivity contribution in [2.75, 3.05) is 38.2 Å². The minimum absolute atomic E-state index is 0.0915. The number of nitrogens with zero attached hydrogens (tertiary/aromatic N) is 4. The van der Waals surface area contributed by atoms with Gasteiger partial charge in [-0.05, 0) is 13.3 Å². The van der Waals surface area contributed by atoms with Crippen molar-refractivity contribution in [2.45, 2.75) is 26.3 Å². The normalized spacial score (nSPS) is 17.7. The molecular weight excluding hydrogens is 274 g/mol. The van der Waals surface area contributed by atoms with Crippen molar-refractivity contribution in [1.29, 1.82) is 0 Å². The highest BCUT2D eigenvalue weighted by Crippen LogP contribution is 2.28. The number of anilines is 1. The van der Waals surface area contributed by atoms with Crippen LogP contribution in [0, 0.1) is 10.1 Å². The topological polar surface area (TPSA) is 85.5 Å². The Labute approximate surface area is 124 Å². The second-order valence-electron chi connectivity index (χ2n) is 5.34. The van der Waals surface area contributed by atoms with Crippen molar-refractivity contribution < 1.29 is 9.66 Å². The van der Waals surface area contributed by atoms with E-state index in [1.807, 2.05) is 13.8 Å². The van der Waals surface area contributed by atoms with Crippen molar-refractivity contribution >= 4 is 11.5 Å². The molecule has 0 aromatic carbocycles. The Kier molecular flexibility index (Phi) is 5.13. The van der Waals surface area contributed by atoms with E-state index in [0.717, 1.165) is 32.8 Å². The van der Waals surface area contributed by atoms with Gasteiger partial charge in [-0.25, -0.2) is 4.68 Å². The highest BCUT2D eigenvalue weighted by atomic mass is 16.6. The minimum Gasteiger partial charge on any atom is -0.379 e. The van der Waals surface area contributed by atoms with Gasteiger partial charge in [0, 0.05) is 32.7 Å². The van der Waals surface area contributed by atoms with Crippen LogP contribution in [0.3, 0.4) is 0 Å². The Bertz CT molecular complexity index is 496. The first-order valence-electron chi connectivity index (χ1n) is 7.29. The van der Waals surface area contributed by atoms with Crippen molar-refractivity contribution in [3.63, 3.8) is 0 Å². The van der Waals surface area contributed by atoms with Crippen LogP contribution in [0.15, 0.2) is 0 Å². The van der Waals surface area contributed by atoms with E-state index in [0.29, 0.717) is 17.9 Å². The lowest BCUT2D eigenvalue weighted by atomic mass is 10.2. The minimum atomic E-state index is -0.352. The van der Waals surface area contributed by atoms with Gasteiger partial charge in [0.2, 0.25) is 5.82 Å². The lowest BCUT2D eigenvalue weighted by Crippen LogP contribution is -2.42. The first kappa shape index (κ1) is 15.7. The zero-order chi connectivity index (χ0) is 15.4. The lowest BCUT2D eigenvalue weighted by molar-refractivity contribution is -0.384. The van der Waals surface area contributed by atoms with E-state index in [4.69, 9.17) is 4.74 Å². The van der Waals surface area contributed by atoms with Gasteiger partial charge in [0.05, 0.1) is 18.1 Å². The number of ether oxygens (including phenoxy) is 1. The highest BCUT2D eigenvalue weighted by Gasteiger charge is 2.27. The summed E-state index contributed by atoms with van der Waals surface area (Å²) < 4.78 is 6.88. The van der Waals surface area contributed by atoms with E-state index in [2.05, 4.69) is 15.3 Å². The third-order valence-electron chi connectivity index (χ3n) is 3.63. The number of hydrogen-bond acceptors (Lipinski definition) is 6. The van der Waals surface area contributed by atoms with E-state index in [9.17, 15) is 10.1 Å². The van der Waals surface area contributed by atoms with Crippen LogP contribution >= 0.6 is 0 Å². The first-order chi connectivity index (χ1) is 10.0. The fourth-order valence-electron chi connectivity index (χ4n) is 2.61. The molecule has 0 aliphatic carbocycles. The number of morpholine rings is 1. The van der Waals surface area contributed by atoms with Gasteiger partial charge in [0.1, 0.15) is 5.69 Å². The fourth-order valence-corrected chi connectivity index (χ4v) is 2.61. The van der Waals surface area contributed by atoms with Gasteiger partial charge in [-0.2, -0.15) is 5.10 Å². The molecule has 1 aliphatic rings. The zero-order valence-electron chi connectivity index (χ0n) is 12.8. The van der Waals surface area contributed by atoms with Crippen LogP contribution in [-0.2, 0) is 18.2 Å². The molecule has 1 atom stereocenters. The van der Waals surface area contributed by atoms with Crippen molar-refractivity contribution in [3.05, 3.63) is 15.8 Å². The molecule has 1 unspecified atom stereocenters. The molecule has 118 valence electrons. The summed E-state index contributed by atoms with van der Waals surface area (Å²) in [6, 6.07) is 0.0990. The number of nitrogens with one attached hydrogen (secondary N) is 1. The van der Waals surface area contributed by atoms with E-state index in [1.165, 1.54) is 0 Å². The summed E-state index contributed by atoms with van der Waals surface area (Å²) in [7, 11) is 1.73. The van der Waals surface area contributed by atoms with Crippen LogP contribution in [0.5, 0.6) is 0 Å². The summed E-state index contributed by atoms with van der Waals surface area (Å²) in [5, 5.41) is 18.7. The van der Waals surface area contributed by atoms with Crippen LogP contribution in [0.1, 0.15) is 19.5 Å². The molecule has 1 aliphatic heterocycles. The Morgan fingerprint density at radius 1 is 1.48 bits per heavy atom. The standard InChI is InChI=1S/C13H23N5O3/c1-4-11-12(18(19)20)13(16(3)15-11)14-10(2)9-17-5-7-21-8-6-17/h10,14H,4-9H2,1-3H3. The monoisotopic (exact) mass is 297 g/mol. The molecule has 1 aromatic heterocycles.